The molecule has 0 N–H and O–H groups in total. The van der Waals surface area contributed by atoms with E-state index in [1.807, 2.05) is 36.5 Å². The predicted molar refractivity (Wildman–Crippen MR) is 178 cm³/mol. The molecule has 204 valence electrons. The van der Waals surface area contributed by atoms with Crippen molar-refractivity contribution in [2.24, 2.45) is 4.99 Å². The molecular weight excluding hydrogens is 514 g/mol. The zero-order chi connectivity index (χ0) is 28.8. The number of hydrogen-bond donors (Lipinski definition) is 0. The van der Waals surface area contributed by atoms with Gasteiger partial charge in [0.1, 0.15) is 11.2 Å². The number of aromatic nitrogens is 2. The average Bonchev–Trinajstić information content (AvgIpc) is 3.56. The summed E-state index contributed by atoms with van der Waals surface area (Å²) in [5.74, 6) is 0. The zero-order valence-corrected chi connectivity index (χ0v) is 24.2. The average molecular weight is 546 g/mol. The lowest BCUT2D eigenvalue weighted by Gasteiger charge is -2.17. The molecule has 0 aliphatic carbocycles. The highest BCUT2D eigenvalue weighted by molar-refractivity contribution is 6.29. The fraction of sp³-hybridized carbons (Fsp3) is 0.105. The minimum absolute atomic E-state index is 0.896. The summed E-state index contributed by atoms with van der Waals surface area (Å²) in [4.78, 5) is 8.76. The molecule has 3 heterocycles. The maximum atomic E-state index is 6.68. The molecular formula is C38H31N3O. The molecule has 0 spiro atoms. The van der Waals surface area contributed by atoms with Gasteiger partial charge in [-0.25, -0.2) is 0 Å². The second kappa shape index (κ2) is 10.3. The summed E-state index contributed by atoms with van der Waals surface area (Å²) in [7, 11) is 1.78. The Bertz CT molecular complexity index is 2230. The third-order valence-electron chi connectivity index (χ3n) is 8.25. The molecule has 4 aromatic carbocycles. The van der Waals surface area contributed by atoms with Crippen LogP contribution < -0.4 is 0 Å². The van der Waals surface area contributed by atoms with Gasteiger partial charge in [0, 0.05) is 57.8 Å². The molecule has 0 atom stereocenters. The monoisotopic (exact) mass is 545 g/mol. The summed E-state index contributed by atoms with van der Waals surface area (Å²) in [6.07, 6.45) is 9.79. The first kappa shape index (κ1) is 25.7. The first-order valence-corrected chi connectivity index (χ1v) is 14.2. The first-order chi connectivity index (χ1) is 20.6. The van der Waals surface area contributed by atoms with Crippen LogP contribution in [0.3, 0.4) is 0 Å². The SMILES string of the molecule is C/N=C/C=C\C=C(/C)c1c(C)c2c(c3ccccc3n2-c2cccc(-c3ccccn3)c2C)c2c1oc1ccccc12. The van der Waals surface area contributed by atoms with E-state index in [9.17, 15) is 0 Å². The number of rotatable bonds is 5. The van der Waals surface area contributed by atoms with Crippen molar-refractivity contribution in [2.75, 3.05) is 7.05 Å². The van der Waals surface area contributed by atoms with Crippen LogP contribution in [0.2, 0.25) is 0 Å². The Morgan fingerprint density at radius 3 is 2.40 bits per heavy atom. The number of aliphatic imine (C=N–C) groups is 1. The number of nitrogens with zero attached hydrogens (tertiary/aromatic N) is 3. The van der Waals surface area contributed by atoms with E-state index in [0.29, 0.717) is 0 Å². The van der Waals surface area contributed by atoms with Crippen LogP contribution >= 0.6 is 0 Å². The van der Waals surface area contributed by atoms with E-state index in [4.69, 9.17) is 4.42 Å². The van der Waals surface area contributed by atoms with E-state index in [1.54, 1.807) is 13.3 Å². The Morgan fingerprint density at radius 1 is 0.810 bits per heavy atom. The fourth-order valence-corrected chi connectivity index (χ4v) is 6.42. The second-order valence-electron chi connectivity index (χ2n) is 10.7. The standard InChI is InChI=1S/C38H31N3O/c1-24(14-9-11-22-39-4)34-26(3)37-35(36-29-16-6-8-21-33(29)42-38(34)36)28-15-5-7-19-32(28)41(37)31-20-13-17-27(25(31)2)30-18-10-12-23-40-30/h5-23H,1-4H3/b11-9-,24-14+,39-22+. The maximum absolute atomic E-state index is 6.68. The Kier molecular flexibility index (Phi) is 6.32. The van der Waals surface area contributed by atoms with Crippen LogP contribution in [0.1, 0.15) is 23.6 Å². The van der Waals surface area contributed by atoms with Gasteiger partial charge >= 0.3 is 0 Å². The van der Waals surface area contributed by atoms with Crippen LogP contribution in [0.5, 0.6) is 0 Å². The lowest BCUT2D eigenvalue weighted by atomic mass is 9.93. The van der Waals surface area contributed by atoms with Gasteiger partial charge in [-0.1, -0.05) is 66.7 Å². The normalized spacial score (nSPS) is 12.7. The Balaban J connectivity index is 1.67. The van der Waals surface area contributed by atoms with Crippen LogP contribution in [0.15, 0.2) is 119 Å². The summed E-state index contributed by atoms with van der Waals surface area (Å²) in [5.41, 5.74) is 12.1. The highest BCUT2D eigenvalue weighted by Gasteiger charge is 2.25. The number of fused-ring (bicyclic) bond motifs is 7. The molecule has 42 heavy (non-hydrogen) atoms. The maximum Gasteiger partial charge on any atom is 0.143 e. The van der Waals surface area contributed by atoms with Crippen molar-refractivity contribution < 1.29 is 4.42 Å². The van der Waals surface area contributed by atoms with Gasteiger partial charge in [0.2, 0.25) is 0 Å². The van der Waals surface area contributed by atoms with E-state index in [-0.39, 0.29) is 0 Å². The number of furan rings is 1. The smallest absolute Gasteiger partial charge is 0.143 e. The third kappa shape index (κ3) is 3.91. The Morgan fingerprint density at radius 2 is 1.60 bits per heavy atom. The molecule has 0 bridgehead atoms. The van der Waals surface area contributed by atoms with Crippen molar-refractivity contribution in [2.45, 2.75) is 20.8 Å². The summed E-state index contributed by atoms with van der Waals surface area (Å²) in [5, 5.41) is 4.71. The van der Waals surface area contributed by atoms with Gasteiger partial charge in [0.05, 0.1) is 16.7 Å². The van der Waals surface area contributed by atoms with Gasteiger partial charge in [-0.15, -0.1) is 0 Å². The summed E-state index contributed by atoms with van der Waals surface area (Å²) in [6.45, 7) is 6.59. The number of allylic oxidation sites excluding steroid dienone is 4. The molecule has 0 aliphatic rings. The molecule has 0 saturated heterocycles. The van der Waals surface area contributed by atoms with Crippen LogP contribution in [0, 0.1) is 13.8 Å². The minimum Gasteiger partial charge on any atom is -0.455 e. The Hall–Kier alpha value is -5.22. The summed E-state index contributed by atoms with van der Waals surface area (Å²) in [6, 6.07) is 29.7. The molecule has 0 radical (unpaired) electrons. The van der Waals surface area contributed by atoms with Crippen LogP contribution in [-0.2, 0) is 0 Å². The minimum atomic E-state index is 0.896. The molecule has 0 aliphatic heterocycles. The number of para-hydroxylation sites is 2. The van der Waals surface area contributed by atoms with Gasteiger partial charge < -0.3 is 8.98 Å². The van der Waals surface area contributed by atoms with Crippen molar-refractivity contribution in [3.63, 3.8) is 0 Å². The lowest BCUT2D eigenvalue weighted by Crippen LogP contribution is -2.01. The van der Waals surface area contributed by atoms with Crippen LogP contribution in [-0.4, -0.2) is 22.8 Å². The first-order valence-electron chi connectivity index (χ1n) is 14.2. The molecule has 0 fully saturated rings. The fourth-order valence-electron chi connectivity index (χ4n) is 6.42. The van der Waals surface area contributed by atoms with Gasteiger partial charge in [-0.05, 0) is 73.9 Å². The molecule has 4 heteroatoms. The van der Waals surface area contributed by atoms with E-state index in [2.05, 4.69) is 108 Å². The summed E-state index contributed by atoms with van der Waals surface area (Å²) < 4.78 is 9.12. The van der Waals surface area contributed by atoms with Crippen molar-refractivity contribution >= 4 is 55.5 Å². The molecule has 3 aromatic heterocycles. The molecule has 0 unspecified atom stereocenters. The van der Waals surface area contributed by atoms with Gasteiger partial charge in [0.25, 0.3) is 0 Å². The number of aryl methyl sites for hydroxylation is 1. The van der Waals surface area contributed by atoms with Gasteiger partial charge in [0.15, 0.2) is 0 Å². The van der Waals surface area contributed by atoms with E-state index in [1.165, 1.54) is 32.9 Å². The zero-order valence-electron chi connectivity index (χ0n) is 24.2. The highest BCUT2D eigenvalue weighted by atomic mass is 16.3. The van der Waals surface area contributed by atoms with Crippen molar-refractivity contribution in [1.82, 2.24) is 9.55 Å². The Labute approximate surface area is 245 Å². The van der Waals surface area contributed by atoms with Gasteiger partial charge in [-0.3, -0.25) is 9.98 Å². The number of benzene rings is 4. The van der Waals surface area contributed by atoms with Gasteiger partial charge in [-0.2, -0.15) is 0 Å². The van der Waals surface area contributed by atoms with Crippen molar-refractivity contribution in [3.05, 3.63) is 126 Å². The highest BCUT2D eigenvalue weighted by Crippen LogP contribution is 2.46. The topological polar surface area (TPSA) is 43.3 Å². The van der Waals surface area contributed by atoms with Crippen LogP contribution in [0.4, 0.5) is 0 Å². The summed E-state index contributed by atoms with van der Waals surface area (Å²) >= 11 is 0. The third-order valence-corrected chi connectivity index (χ3v) is 8.25. The largest absolute Gasteiger partial charge is 0.455 e. The quantitative estimate of drug-likeness (QED) is 0.160. The molecule has 0 saturated carbocycles. The number of pyridine rings is 1. The second-order valence-corrected chi connectivity index (χ2v) is 10.7. The lowest BCUT2D eigenvalue weighted by molar-refractivity contribution is 0.667. The van der Waals surface area contributed by atoms with E-state index in [0.717, 1.165) is 50.0 Å². The number of hydrogen-bond acceptors (Lipinski definition) is 3. The molecule has 0 amide bonds. The van der Waals surface area contributed by atoms with Crippen molar-refractivity contribution in [3.8, 4) is 16.9 Å². The van der Waals surface area contributed by atoms with E-state index < -0.39 is 0 Å². The van der Waals surface area contributed by atoms with Crippen molar-refractivity contribution in [1.29, 1.82) is 0 Å². The van der Waals surface area contributed by atoms with Crippen LogP contribution in [0.25, 0.3) is 66.3 Å². The predicted octanol–water partition coefficient (Wildman–Crippen LogP) is 10.0. The molecule has 7 aromatic rings. The molecule has 7 rings (SSSR count). The molecule has 4 nitrogen and oxygen atoms in total. The van der Waals surface area contributed by atoms with E-state index >= 15 is 0 Å².